The molecule has 0 radical (unpaired) electrons. The fourth-order valence-electron chi connectivity index (χ4n) is 2.10. The van der Waals surface area contributed by atoms with Crippen LogP contribution in [-0.2, 0) is 0 Å². The van der Waals surface area contributed by atoms with Crippen LogP contribution in [-0.4, -0.2) is 40.1 Å². The first-order valence-electron chi connectivity index (χ1n) is 7.31. The Labute approximate surface area is 131 Å². The summed E-state index contributed by atoms with van der Waals surface area (Å²) in [5, 5.41) is 14.8. The largest absolute Gasteiger partial charge is 0.386 e. The molecule has 1 atom stereocenters. The summed E-state index contributed by atoms with van der Waals surface area (Å²) in [6.45, 7) is 5.99. The van der Waals surface area contributed by atoms with E-state index in [0.29, 0.717) is 5.70 Å². The summed E-state index contributed by atoms with van der Waals surface area (Å²) in [5.41, 5.74) is 2.57. The topological polar surface area (TPSA) is 54.2 Å². The number of aromatic nitrogens is 3. The highest BCUT2D eigenvalue weighted by atomic mass is 16.3. The molecule has 0 aliphatic carbocycles. The van der Waals surface area contributed by atoms with Crippen molar-refractivity contribution >= 4 is 17.5 Å². The van der Waals surface area contributed by atoms with E-state index in [0.717, 1.165) is 11.3 Å². The predicted molar refractivity (Wildman–Crippen MR) is 90.4 cm³/mol. The van der Waals surface area contributed by atoms with Crippen molar-refractivity contribution in [3.8, 4) is 0 Å². The van der Waals surface area contributed by atoms with Crippen LogP contribution in [0.1, 0.15) is 26.3 Å². The molecule has 5 nitrogen and oxygen atoms in total. The van der Waals surface area contributed by atoms with Gasteiger partial charge in [0, 0.05) is 19.8 Å². The van der Waals surface area contributed by atoms with E-state index < -0.39 is 6.10 Å². The highest BCUT2D eigenvalue weighted by Gasteiger charge is 2.27. The van der Waals surface area contributed by atoms with Gasteiger partial charge in [0.1, 0.15) is 18.8 Å². The molecule has 1 unspecified atom stereocenters. The van der Waals surface area contributed by atoms with E-state index in [1.807, 2.05) is 65.2 Å². The normalized spacial score (nSPS) is 14.0. The lowest BCUT2D eigenvalue weighted by molar-refractivity contribution is 0.109. The molecular formula is C17H24N4O. The van der Waals surface area contributed by atoms with Gasteiger partial charge in [-0.25, -0.2) is 9.67 Å². The number of nitrogens with zero attached hydrogens (tertiary/aromatic N) is 4. The highest BCUT2D eigenvalue weighted by molar-refractivity contribution is 5.73. The molecule has 1 N–H and O–H groups in total. The van der Waals surface area contributed by atoms with E-state index in [-0.39, 0.29) is 5.41 Å². The quantitative estimate of drug-likeness (QED) is 0.943. The van der Waals surface area contributed by atoms with Gasteiger partial charge in [0.25, 0.3) is 0 Å². The minimum atomic E-state index is -0.650. The van der Waals surface area contributed by atoms with Crippen molar-refractivity contribution < 1.29 is 5.11 Å². The summed E-state index contributed by atoms with van der Waals surface area (Å²) in [7, 11) is 4.02. The fraction of sp³-hybridized carbons (Fsp3) is 0.412. The summed E-state index contributed by atoms with van der Waals surface area (Å²) in [4.78, 5) is 6.03. The van der Waals surface area contributed by atoms with Crippen LogP contribution in [0.3, 0.4) is 0 Å². The van der Waals surface area contributed by atoms with Crippen LogP contribution in [0.4, 0.5) is 5.69 Å². The number of rotatable bonds is 4. The Kier molecular flexibility index (Phi) is 4.66. The number of hydrogen-bond acceptors (Lipinski definition) is 4. The number of anilines is 1. The van der Waals surface area contributed by atoms with Crippen LogP contribution in [0.2, 0.25) is 0 Å². The Hall–Kier alpha value is -2.14. The molecule has 22 heavy (non-hydrogen) atoms. The maximum Gasteiger partial charge on any atom is 0.138 e. The third kappa shape index (κ3) is 3.74. The fourth-order valence-corrected chi connectivity index (χ4v) is 2.10. The number of aliphatic hydroxyl groups is 1. The lowest BCUT2D eigenvalue weighted by Crippen LogP contribution is -2.29. The van der Waals surface area contributed by atoms with Gasteiger partial charge in [-0.1, -0.05) is 32.9 Å². The zero-order chi connectivity index (χ0) is 16.3. The molecule has 0 amide bonds. The summed E-state index contributed by atoms with van der Waals surface area (Å²) in [5.74, 6) is 0. The van der Waals surface area contributed by atoms with Gasteiger partial charge >= 0.3 is 0 Å². The SMILES string of the molecule is CN(C)c1ccc(/C=C(/C(O)C(C)(C)C)n2cncn2)cc1. The van der Waals surface area contributed by atoms with Crippen LogP contribution in [0.5, 0.6) is 0 Å². The summed E-state index contributed by atoms with van der Waals surface area (Å²) in [6, 6.07) is 8.16. The maximum atomic E-state index is 10.7. The van der Waals surface area contributed by atoms with Gasteiger partial charge in [-0.2, -0.15) is 5.10 Å². The molecule has 118 valence electrons. The summed E-state index contributed by atoms with van der Waals surface area (Å²) in [6.07, 6.45) is 4.37. The van der Waals surface area contributed by atoms with Crippen LogP contribution < -0.4 is 4.90 Å². The molecule has 5 heteroatoms. The van der Waals surface area contributed by atoms with Crippen LogP contribution in [0.25, 0.3) is 11.8 Å². The molecule has 0 fully saturated rings. The predicted octanol–water partition coefficient (Wildman–Crippen LogP) is 2.75. The first-order valence-corrected chi connectivity index (χ1v) is 7.31. The molecular weight excluding hydrogens is 276 g/mol. The first-order chi connectivity index (χ1) is 10.3. The smallest absolute Gasteiger partial charge is 0.138 e. The number of aliphatic hydroxyl groups excluding tert-OH is 1. The van der Waals surface area contributed by atoms with Crippen molar-refractivity contribution in [1.29, 1.82) is 0 Å². The third-order valence-electron chi connectivity index (χ3n) is 3.51. The second-order valence-corrected chi connectivity index (χ2v) is 6.66. The van der Waals surface area contributed by atoms with Gasteiger partial charge in [0.2, 0.25) is 0 Å². The van der Waals surface area contributed by atoms with Crippen molar-refractivity contribution in [1.82, 2.24) is 14.8 Å². The zero-order valence-corrected chi connectivity index (χ0v) is 13.9. The Morgan fingerprint density at radius 3 is 2.32 bits per heavy atom. The van der Waals surface area contributed by atoms with Gasteiger partial charge in [-0.3, -0.25) is 0 Å². The molecule has 0 saturated carbocycles. The van der Waals surface area contributed by atoms with E-state index >= 15 is 0 Å². The average molecular weight is 300 g/mol. The molecule has 0 bridgehead atoms. The second-order valence-electron chi connectivity index (χ2n) is 6.66. The third-order valence-corrected chi connectivity index (χ3v) is 3.51. The lowest BCUT2D eigenvalue weighted by Gasteiger charge is -2.28. The van der Waals surface area contributed by atoms with Crippen LogP contribution in [0.15, 0.2) is 36.9 Å². The Balaban J connectivity index is 2.40. The molecule has 0 aliphatic heterocycles. The molecule has 2 aromatic rings. The van der Waals surface area contributed by atoms with E-state index in [4.69, 9.17) is 0 Å². The Bertz CT molecular complexity index is 622. The van der Waals surface area contributed by atoms with E-state index in [1.54, 1.807) is 11.0 Å². The maximum absolute atomic E-state index is 10.7. The van der Waals surface area contributed by atoms with Crippen molar-refractivity contribution in [2.75, 3.05) is 19.0 Å². The van der Waals surface area contributed by atoms with Crippen molar-refractivity contribution in [2.24, 2.45) is 5.41 Å². The molecule has 1 heterocycles. The molecule has 1 aromatic carbocycles. The molecule has 0 spiro atoms. The van der Waals surface area contributed by atoms with E-state index in [1.165, 1.54) is 6.33 Å². The van der Waals surface area contributed by atoms with Gasteiger partial charge in [0.05, 0.1) is 5.70 Å². The van der Waals surface area contributed by atoms with E-state index in [2.05, 4.69) is 15.0 Å². The van der Waals surface area contributed by atoms with E-state index in [9.17, 15) is 5.11 Å². The minimum Gasteiger partial charge on any atom is -0.386 e. The van der Waals surface area contributed by atoms with Crippen LogP contribution >= 0.6 is 0 Å². The van der Waals surface area contributed by atoms with Crippen molar-refractivity contribution in [3.63, 3.8) is 0 Å². The highest BCUT2D eigenvalue weighted by Crippen LogP contribution is 2.28. The van der Waals surface area contributed by atoms with Gasteiger partial charge in [0.15, 0.2) is 0 Å². The average Bonchev–Trinajstić information content (AvgIpc) is 2.97. The second kappa shape index (κ2) is 6.32. The standard InChI is InChI=1S/C17H24N4O/c1-17(2,3)16(22)15(21-12-18-11-19-21)10-13-6-8-14(9-7-13)20(4)5/h6-12,16,22H,1-5H3/b15-10-. The monoisotopic (exact) mass is 300 g/mol. The number of benzene rings is 1. The lowest BCUT2D eigenvalue weighted by atomic mass is 9.86. The van der Waals surface area contributed by atoms with Gasteiger partial charge in [-0.15, -0.1) is 0 Å². The van der Waals surface area contributed by atoms with Gasteiger partial charge in [-0.05, 0) is 29.2 Å². The van der Waals surface area contributed by atoms with Gasteiger partial charge < -0.3 is 10.0 Å². The van der Waals surface area contributed by atoms with Crippen molar-refractivity contribution in [3.05, 3.63) is 42.5 Å². The molecule has 1 aromatic heterocycles. The summed E-state index contributed by atoms with van der Waals surface area (Å²) < 4.78 is 1.62. The molecule has 0 saturated heterocycles. The Morgan fingerprint density at radius 1 is 1.23 bits per heavy atom. The first kappa shape index (κ1) is 16.2. The molecule has 0 aliphatic rings. The van der Waals surface area contributed by atoms with Crippen LogP contribution in [0, 0.1) is 5.41 Å². The summed E-state index contributed by atoms with van der Waals surface area (Å²) >= 11 is 0. The zero-order valence-electron chi connectivity index (χ0n) is 13.9. The Morgan fingerprint density at radius 2 is 1.86 bits per heavy atom. The number of hydrogen-bond donors (Lipinski definition) is 1. The minimum absolute atomic E-state index is 0.290. The van der Waals surface area contributed by atoms with Crippen molar-refractivity contribution in [2.45, 2.75) is 26.9 Å². The molecule has 2 rings (SSSR count).